The van der Waals surface area contributed by atoms with Crippen molar-refractivity contribution in [3.05, 3.63) is 59.7 Å². The molecule has 0 saturated carbocycles. The van der Waals surface area contributed by atoms with Gasteiger partial charge in [0.1, 0.15) is 5.82 Å². The lowest BCUT2D eigenvalue weighted by atomic mass is 9.98. The molecule has 3 heteroatoms. The van der Waals surface area contributed by atoms with Crippen LogP contribution in [0.3, 0.4) is 0 Å². The Hall–Kier alpha value is -1.74. The molecule has 0 unspecified atom stereocenters. The van der Waals surface area contributed by atoms with E-state index in [-0.39, 0.29) is 0 Å². The zero-order valence-corrected chi connectivity index (χ0v) is 12.0. The van der Waals surface area contributed by atoms with Gasteiger partial charge in [-0.05, 0) is 37.9 Å². The molecule has 3 rings (SSSR count). The van der Waals surface area contributed by atoms with Crippen LogP contribution in [-0.4, -0.2) is 21.4 Å². The summed E-state index contributed by atoms with van der Waals surface area (Å²) in [6.07, 6.45) is 5.66. The van der Waals surface area contributed by atoms with Gasteiger partial charge in [-0.1, -0.05) is 36.8 Å². The fourth-order valence-corrected chi connectivity index (χ4v) is 2.99. The normalized spacial score (nSPS) is 19.9. The van der Waals surface area contributed by atoms with Gasteiger partial charge in [0.05, 0.1) is 11.7 Å². The summed E-state index contributed by atoms with van der Waals surface area (Å²) < 4.78 is 0. The first-order valence-electron chi connectivity index (χ1n) is 7.40. The Labute approximate surface area is 120 Å². The van der Waals surface area contributed by atoms with Crippen molar-refractivity contribution in [3.8, 4) is 0 Å². The van der Waals surface area contributed by atoms with E-state index in [0.29, 0.717) is 6.04 Å². The molecule has 0 bridgehead atoms. The monoisotopic (exact) mass is 267 g/mol. The SMILES string of the molecule is Cc1nccc([C@H]2CCCCN2Cc2ccccc2)n1. The molecular formula is C17H21N3. The summed E-state index contributed by atoms with van der Waals surface area (Å²) in [5, 5.41) is 0. The number of hydrogen-bond donors (Lipinski definition) is 0. The summed E-state index contributed by atoms with van der Waals surface area (Å²) >= 11 is 0. The highest BCUT2D eigenvalue weighted by molar-refractivity contribution is 5.16. The maximum absolute atomic E-state index is 4.64. The topological polar surface area (TPSA) is 29.0 Å². The minimum atomic E-state index is 0.436. The summed E-state index contributed by atoms with van der Waals surface area (Å²) in [5.41, 5.74) is 2.55. The first-order valence-corrected chi connectivity index (χ1v) is 7.40. The Kier molecular flexibility index (Phi) is 4.07. The second-order valence-corrected chi connectivity index (χ2v) is 5.50. The third-order valence-electron chi connectivity index (χ3n) is 3.98. The van der Waals surface area contributed by atoms with E-state index in [1.165, 1.54) is 30.5 Å². The van der Waals surface area contributed by atoms with E-state index in [9.17, 15) is 0 Å². The van der Waals surface area contributed by atoms with Crippen molar-refractivity contribution in [2.24, 2.45) is 0 Å². The Morgan fingerprint density at radius 3 is 2.80 bits per heavy atom. The molecule has 1 aromatic carbocycles. The largest absolute Gasteiger partial charge is 0.291 e. The number of aryl methyl sites for hydroxylation is 1. The van der Waals surface area contributed by atoms with Gasteiger partial charge in [0.15, 0.2) is 0 Å². The Balaban J connectivity index is 1.80. The van der Waals surface area contributed by atoms with Gasteiger partial charge in [0.2, 0.25) is 0 Å². The maximum atomic E-state index is 4.64. The lowest BCUT2D eigenvalue weighted by Gasteiger charge is -2.35. The molecule has 2 heterocycles. The minimum absolute atomic E-state index is 0.436. The van der Waals surface area contributed by atoms with Gasteiger partial charge in [-0.3, -0.25) is 4.90 Å². The van der Waals surface area contributed by atoms with Crippen molar-refractivity contribution in [1.82, 2.24) is 14.9 Å². The van der Waals surface area contributed by atoms with Gasteiger partial charge in [-0.15, -0.1) is 0 Å². The van der Waals surface area contributed by atoms with Crippen LogP contribution in [0.4, 0.5) is 0 Å². The first-order chi connectivity index (χ1) is 9.83. The van der Waals surface area contributed by atoms with Crippen LogP contribution in [0.1, 0.15) is 42.4 Å². The molecule has 0 amide bonds. The fourth-order valence-electron chi connectivity index (χ4n) is 2.99. The van der Waals surface area contributed by atoms with Crippen LogP contribution in [0.15, 0.2) is 42.6 Å². The molecule has 1 atom stereocenters. The van der Waals surface area contributed by atoms with E-state index in [1.807, 2.05) is 13.1 Å². The van der Waals surface area contributed by atoms with Gasteiger partial charge in [0, 0.05) is 12.7 Å². The summed E-state index contributed by atoms with van der Waals surface area (Å²) in [5.74, 6) is 0.868. The molecule has 0 N–H and O–H groups in total. The van der Waals surface area contributed by atoms with E-state index in [1.54, 1.807) is 0 Å². The van der Waals surface area contributed by atoms with Crippen molar-refractivity contribution < 1.29 is 0 Å². The van der Waals surface area contributed by atoms with Crippen LogP contribution < -0.4 is 0 Å². The van der Waals surface area contributed by atoms with E-state index in [4.69, 9.17) is 0 Å². The lowest BCUT2D eigenvalue weighted by Crippen LogP contribution is -2.33. The van der Waals surface area contributed by atoms with Crippen molar-refractivity contribution in [3.63, 3.8) is 0 Å². The molecule has 0 radical (unpaired) electrons. The standard InChI is InChI=1S/C17H21N3/c1-14-18-11-10-16(19-14)17-9-5-6-12-20(17)13-15-7-3-2-4-8-15/h2-4,7-8,10-11,17H,5-6,9,12-13H2,1H3/t17-/m1/s1. The van der Waals surface area contributed by atoms with E-state index < -0.39 is 0 Å². The van der Waals surface area contributed by atoms with Gasteiger partial charge < -0.3 is 0 Å². The minimum Gasteiger partial charge on any atom is -0.291 e. The van der Waals surface area contributed by atoms with Gasteiger partial charge in [-0.2, -0.15) is 0 Å². The molecule has 20 heavy (non-hydrogen) atoms. The smallest absolute Gasteiger partial charge is 0.125 e. The molecule has 1 aliphatic rings. The average Bonchev–Trinajstić information content (AvgIpc) is 2.49. The molecule has 1 aliphatic heterocycles. The number of rotatable bonds is 3. The van der Waals surface area contributed by atoms with Gasteiger partial charge >= 0.3 is 0 Å². The van der Waals surface area contributed by atoms with Gasteiger partial charge in [0.25, 0.3) is 0 Å². The second kappa shape index (κ2) is 6.14. The molecular weight excluding hydrogens is 246 g/mol. The summed E-state index contributed by atoms with van der Waals surface area (Å²) in [6.45, 7) is 4.13. The quantitative estimate of drug-likeness (QED) is 0.852. The number of hydrogen-bond acceptors (Lipinski definition) is 3. The first kappa shape index (κ1) is 13.3. The highest BCUT2D eigenvalue weighted by Gasteiger charge is 2.25. The highest BCUT2D eigenvalue weighted by atomic mass is 15.2. The van der Waals surface area contributed by atoms with Crippen molar-refractivity contribution in [2.75, 3.05) is 6.54 Å². The van der Waals surface area contributed by atoms with Crippen LogP contribution in [0.25, 0.3) is 0 Å². The van der Waals surface area contributed by atoms with Crippen LogP contribution in [0, 0.1) is 6.92 Å². The predicted molar refractivity (Wildman–Crippen MR) is 80.2 cm³/mol. The van der Waals surface area contributed by atoms with Crippen LogP contribution in [0.5, 0.6) is 0 Å². The Morgan fingerprint density at radius 1 is 1.15 bits per heavy atom. The zero-order chi connectivity index (χ0) is 13.8. The molecule has 1 fully saturated rings. The van der Waals surface area contributed by atoms with Crippen molar-refractivity contribution >= 4 is 0 Å². The van der Waals surface area contributed by atoms with Crippen LogP contribution >= 0.6 is 0 Å². The number of benzene rings is 1. The fraction of sp³-hybridized carbons (Fsp3) is 0.412. The molecule has 0 spiro atoms. The number of piperidine rings is 1. The predicted octanol–water partition coefficient (Wildman–Crippen LogP) is 3.51. The molecule has 1 saturated heterocycles. The molecule has 104 valence electrons. The van der Waals surface area contributed by atoms with E-state index >= 15 is 0 Å². The second-order valence-electron chi connectivity index (χ2n) is 5.50. The number of likely N-dealkylation sites (tertiary alicyclic amines) is 1. The molecule has 0 aliphatic carbocycles. The maximum Gasteiger partial charge on any atom is 0.125 e. The number of nitrogens with zero attached hydrogens (tertiary/aromatic N) is 3. The van der Waals surface area contributed by atoms with E-state index in [2.05, 4.69) is 51.3 Å². The molecule has 1 aromatic heterocycles. The Morgan fingerprint density at radius 2 is 2.00 bits per heavy atom. The van der Waals surface area contributed by atoms with E-state index in [0.717, 1.165) is 18.9 Å². The van der Waals surface area contributed by atoms with Crippen molar-refractivity contribution in [2.45, 2.75) is 38.8 Å². The summed E-state index contributed by atoms with van der Waals surface area (Å²) in [4.78, 5) is 11.4. The Bertz CT molecular complexity index is 553. The highest BCUT2D eigenvalue weighted by Crippen LogP contribution is 2.30. The third kappa shape index (κ3) is 3.05. The lowest BCUT2D eigenvalue weighted by molar-refractivity contribution is 0.137. The third-order valence-corrected chi connectivity index (χ3v) is 3.98. The molecule has 3 nitrogen and oxygen atoms in total. The van der Waals surface area contributed by atoms with Crippen LogP contribution in [0.2, 0.25) is 0 Å². The average molecular weight is 267 g/mol. The van der Waals surface area contributed by atoms with Crippen LogP contribution in [-0.2, 0) is 6.54 Å². The number of aromatic nitrogens is 2. The summed E-state index contributed by atoms with van der Waals surface area (Å²) in [6, 6.07) is 13.2. The summed E-state index contributed by atoms with van der Waals surface area (Å²) in [7, 11) is 0. The zero-order valence-electron chi connectivity index (χ0n) is 12.0. The van der Waals surface area contributed by atoms with Gasteiger partial charge in [-0.25, -0.2) is 9.97 Å². The van der Waals surface area contributed by atoms with Crippen molar-refractivity contribution in [1.29, 1.82) is 0 Å². The molecule has 2 aromatic rings.